The lowest BCUT2D eigenvalue weighted by Gasteiger charge is -2.17. The minimum Gasteiger partial charge on any atom is -0.351 e. The van der Waals surface area contributed by atoms with Gasteiger partial charge in [0.2, 0.25) is 11.8 Å². The van der Waals surface area contributed by atoms with E-state index in [-0.39, 0.29) is 17.9 Å². The van der Waals surface area contributed by atoms with Gasteiger partial charge in [0.05, 0.1) is 6.04 Å². The van der Waals surface area contributed by atoms with Crippen LogP contribution in [0.25, 0.3) is 0 Å². The molecule has 3 atom stereocenters. The van der Waals surface area contributed by atoms with Crippen molar-refractivity contribution < 1.29 is 9.59 Å². The van der Waals surface area contributed by atoms with Crippen molar-refractivity contribution in [3.63, 3.8) is 0 Å². The Labute approximate surface area is 112 Å². The van der Waals surface area contributed by atoms with Crippen LogP contribution in [-0.4, -0.2) is 35.3 Å². The van der Waals surface area contributed by atoms with E-state index in [2.05, 4.69) is 17.4 Å². The van der Waals surface area contributed by atoms with Crippen LogP contribution >= 0.6 is 0 Å². The van der Waals surface area contributed by atoms with Crippen LogP contribution in [-0.2, 0) is 9.59 Å². The van der Waals surface area contributed by atoms with Crippen LogP contribution in [0.1, 0.15) is 31.2 Å². The highest BCUT2D eigenvalue weighted by Crippen LogP contribution is 2.45. The maximum Gasteiger partial charge on any atom is 0.225 e. The molecular formula is C15H18N2O2. The van der Waals surface area contributed by atoms with Crippen LogP contribution in [0, 0.1) is 0 Å². The van der Waals surface area contributed by atoms with Gasteiger partial charge in [-0.05, 0) is 12.0 Å². The molecule has 100 valence electrons. The number of carbonyl (C=O) groups is 2. The molecule has 1 aromatic carbocycles. The van der Waals surface area contributed by atoms with E-state index in [0.717, 1.165) is 6.42 Å². The maximum absolute atomic E-state index is 12.0. The third kappa shape index (κ3) is 2.48. The first-order valence-electron chi connectivity index (χ1n) is 6.76. The van der Waals surface area contributed by atoms with Gasteiger partial charge in [0.1, 0.15) is 0 Å². The van der Waals surface area contributed by atoms with Gasteiger partial charge in [-0.15, -0.1) is 0 Å². The zero-order valence-corrected chi connectivity index (χ0v) is 11.0. The molecule has 2 aliphatic rings. The highest BCUT2D eigenvalue weighted by atomic mass is 16.2. The van der Waals surface area contributed by atoms with Crippen molar-refractivity contribution in [3.05, 3.63) is 35.9 Å². The molecular weight excluding hydrogens is 240 g/mol. The lowest BCUT2D eigenvalue weighted by molar-refractivity contribution is -0.128. The third-order valence-electron chi connectivity index (χ3n) is 3.95. The molecule has 2 amide bonds. The molecule has 4 nitrogen and oxygen atoms in total. The molecule has 0 aromatic heterocycles. The molecule has 19 heavy (non-hydrogen) atoms. The molecule has 4 heteroatoms. The summed E-state index contributed by atoms with van der Waals surface area (Å²) in [5.74, 6) is 0.582. The predicted octanol–water partition coefficient (Wildman–Crippen LogP) is 1.28. The summed E-state index contributed by atoms with van der Waals surface area (Å²) in [5.41, 5.74) is 1.31. The number of carbonyl (C=O) groups excluding carboxylic acids is 2. The van der Waals surface area contributed by atoms with Gasteiger partial charge in [0.15, 0.2) is 0 Å². The van der Waals surface area contributed by atoms with Crippen LogP contribution < -0.4 is 5.32 Å². The Morgan fingerprint density at radius 3 is 2.74 bits per heavy atom. The lowest BCUT2D eigenvalue weighted by Crippen LogP contribution is -2.36. The largest absolute Gasteiger partial charge is 0.351 e. The number of nitrogens with zero attached hydrogens (tertiary/aromatic N) is 1. The van der Waals surface area contributed by atoms with Gasteiger partial charge in [-0.25, -0.2) is 0 Å². The Morgan fingerprint density at radius 1 is 1.32 bits per heavy atom. The van der Waals surface area contributed by atoms with Gasteiger partial charge in [0.25, 0.3) is 0 Å². The number of nitrogens with one attached hydrogen (secondary N) is 1. The first-order chi connectivity index (χ1) is 9.15. The molecule has 1 saturated carbocycles. The van der Waals surface area contributed by atoms with E-state index in [9.17, 15) is 9.59 Å². The van der Waals surface area contributed by atoms with Crippen LogP contribution in [0.2, 0.25) is 0 Å². The van der Waals surface area contributed by atoms with Crippen LogP contribution in [0.15, 0.2) is 30.3 Å². The SMILES string of the molecule is CC(=O)NC1CC(=O)N(C2CC2c2ccccc2)C1. The van der Waals surface area contributed by atoms with Crippen LogP contribution in [0.4, 0.5) is 0 Å². The number of benzene rings is 1. The molecule has 1 aliphatic carbocycles. The minimum absolute atomic E-state index is 0.0120. The fourth-order valence-corrected chi connectivity index (χ4v) is 3.02. The Kier molecular flexibility index (Phi) is 3.01. The quantitative estimate of drug-likeness (QED) is 0.888. The monoisotopic (exact) mass is 258 g/mol. The molecule has 3 rings (SSSR count). The second-order valence-electron chi connectivity index (χ2n) is 5.47. The second-order valence-corrected chi connectivity index (χ2v) is 5.47. The highest BCUT2D eigenvalue weighted by molar-refractivity contribution is 5.82. The van der Waals surface area contributed by atoms with E-state index in [0.29, 0.717) is 24.9 Å². The number of hydrogen-bond acceptors (Lipinski definition) is 2. The summed E-state index contributed by atoms with van der Waals surface area (Å²) in [7, 11) is 0. The first-order valence-corrected chi connectivity index (χ1v) is 6.76. The normalized spacial score (nSPS) is 29.4. The predicted molar refractivity (Wildman–Crippen MR) is 71.5 cm³/mol. The summed E-state index contributed by atoms with van der Waals surface area (Å²) in [4.78, 5) is 25.0. The van der Waals surface area contributed by atoms with E-state index >= 15 is 0 Å². The van der Waals surface area contributed by atoms with E-state index in [4.69, 9.17) is 0 Å². The smallest absolute Gasteiger partial charge is 0.225 e. The summed E-state index contributed by atoms with van der Waals surface area (Å²) >= 11 is 0. The Bertz CT molecular complexity index is 500. The summed E-state index contributed by atoms with van der Waals surface area (Å²) < 4.78 is 0. The van der Waals surface area contributed by atoms with Crippen molar-refractivity contribution in [1.29, 1.82) is 0 Å². The Morgan fingerprint density at radius 2 is 2.05 bits per heavy atom. The van der Waals surface area contributed by atoms with Crippen molar-refractivity contribution >= 4 is 11.8 Å². The van der Waals surface area contributed by atoms with Gasteiger partial charge in [-0.3, -0.25) is 9.59 Å². The lowest BCUT2D eigenvalue weighted by atomic mass is 10.1. The van der Waals surface area contributed by atoms with Crippen LogP contribution in [0.3, 0.4) is 0 Å². The molecule has 0 spiro atoms. The molecule has 1 heterocycles. The standard InChI is InChI=1S/C15H18N2O2/c1-10(18)16-12-7-15(19)17(9-12)14-8-13(14)11-5-3-2-4-6-11/h2-6,12-14H,7-9H2,1H3,(H,16,18). The number of rotatable bonds is 3. The van der Waals surface area contributed by atoms with Crippen molar-refractivity contribution in [2.24, 2.45) is 0 Å². The summed E-state index contributed by atoms with van der Waals surface area (Å²) in [6, 6.07) is 10.6. The summed E-state index contributed by atoms with van der Waals surface area (Å²) in [6.07, 6.45) is 1.49. The third-order valence-corrected chi connectivity index (χ3v) is 3.95. The number of hydrogen-bond donors (Lipinski definition) is 1. The molecule has 1 aromatic rings. The molecule has 1 aliphatic heterocycles. The van der Waals surface area contributed by atoms with E-state index in [1.54, 1.807) is 0 Å². The zero-order valence-electron chi connectivity index (χ0n) is 11.0. The average molecular weight is 258 g/mol. The van der Waals surface area contributed by atoms with Gasteiger partial charge in [0, 0.05) is 31.8 Å². The molecule has 0 radical (unpaired) electrons. The van der Waals surface area contributed by atoms with Crippen LogP contribution in [0.5, 0.6) is 0 Å². The molecule has 2 fully saturated rings. The molecule has 0 bridgehead atoms. The van der Waals surface area contributed by atoms with Crippen molar-refractivity contribution in [1.82, 2.24) is 10.2 Å². The van der Waals surface area contributed by atoms with Crippen molar-refractivity contribution in [2.75, 3.05) is 6.54 Å². The second kappa shape index (κ2) is 4.68. The van der Waals surface area contributed by atoms with Gasteiger partial charge < -0.3 is 10.2 Å². The topological polar surface area (TPSA) is 49.4 Å². The van der Waals surface area contributed by atoms with Gasteiger partial charge in [-0.1, -0.05) is 30.3 Å². The van der Waals surface area contributed by atoms with Gasteiger partial charge in [-0.2, -0.15) is 0 Å². The fraction of sp³-hybridized carbons (Fsp3) is 0.467. The number of likely N-dealkylation sites (tertiary alicyclic amines) is 1. The summed E-state index contributed by atoms with van der Waals surface area (Å²) in [5, 5.41) is 2.84. The molecule has 1 N–H and O–H groups in total. The van der Waals surface area contributed by atoms with Crippen molar-refractivity contribution in [2.45, 2.75) is 37.8 Å². The molecule has 1 saturated heterocycles. The average Bonchev–Trinajstić information content (AvgIpc) is 3.09. The highest BCUT2D eigenvalue weighted by Gasteiger charge is 2.47. The van der Waals surface area contributed by atoms with Gasteiger partial charge >= 0.3 is 0 Å². The first kappa shape index (κ1) is 12.2. The van der Waals surface area contributed by atoms with Crippen molar-refractivity contribution in [3.8, 4) is 0 Å². The summed E-state index contributed by atoms with van der Waals surface area (Å²) in [6.45, 7) is 2.16. The van der Waals surface area contributed by atoms with E-state index in [1.807, 2.05) is 23.1 Å². The Hall–Kier alpha value is -1.84. The maximum atomic E-state index is 12.0. The molecule has 3 unspecified atom stereocenters. The number of amides is 2. The zero-order chi connectivity index (χ0) is 13.4. The fourth-order valence-electron chi connectivity index (χ4n) is 3.02. The van der Waals surface area contributed by atoms with E-state index < -0.39 is 0 Å². The Balaban J connectivity index is 1.63. The van der Waals surface area contributed by atoms with E-state index in [1.165, 1.54) is 12.5 Å². The minimum atomic E-state index is -0.0601.